The molecule has 0 spiro atoms. The minimum absolute atomic E-state index is 0.309. The first-order chi connectivity index (χ1) is 10.8. The van der Waals surface area contributed by atoms with E-state index in [-0.39, 0.29) is 0 Å². The Morgan fingerprint density at radius 2 is 1.23 bits per heavy atom. The molecule has 22 heavy (non-hydrogen) atoms. The van der Waals surface area contributed by atoms with Crippen molar-refractivity contribution in [2.45, 2.75) is 71.1 Å². The molecule has 0 radical (unpaired) electrons. The smallest absolute Gasteiger partial charge is 0.303 e. The zero-order valence-electron chi connectivity index (χ0n) is 14.0. The van der Waals surface area contributed by atoms with Gasteiger partial charge in [0.1, 0.15) is 0 Å². The molecule has 0 aliphatic carbocycles. The molecular weight excluding hydrogens is 272 g/mol. The summed E-state index contributed by atoms with van der Waals surface area (Å²) in [7, 11) is 0. The summed E-state index contributed by atoms with van der Waals surface area (Å²) >= 11 is 0. The van der Waals surface area contributed by atoms with Crippen LogP contribution in [0.3, 0.4) is 0 Å². The van der Waals surface area contributed by atoms with Crippen molar-refractivity contribution in [3.63, 3.8) is 0 Å². The normalized spacial score (nSPS) is 12.4. The summed E-state index contributed by atoms with van der Waals surface area (Å²) in [5.41, 5.74) is 0. The summed E-state index contributed by atoms with van der Waals surface area (Å²) in [6.45, 7) is 2.15. The number of rotatable bonds is 14. The van der Waals surface area contributed by atoms with E-state index in [9.17, 15) is 4.79 Å². The number of carboxylic acids is 1. The molecule has 2 heteroatoms. The van der Waals surface area contributed by atoms with Crippen LogP contribution in [-0.2, 0) is 4.79 Å². The van der Waals surface area contributed by atoms with Crippen molar-refractivity contribution in [3.8, 4) is 0 Å². The van der Waals surface area contributed by atoms with Gasteiger partial charge in [-0.15, -0.1) is 0 Å². The van der Waals surface area contributed by atoms with Gasteiger partial charge in [0.2, 0.25) is 0 Å². The third kappa shape index (κ3) is 18.4. The maximum Gasteiger partial charge on any atom is 0.303 e. The van der Waals surface area contributed by atoms with E-state index in [0.717, 1.165) is 57.8 Å². The van der Waals surface area contributed by atoms with Crippen LogP contribution in [-0.4, -0.2) is 11.1 Å². The molecule has 0 rings (SSSR count). The molecule has 0 saturated heterocycles. The van der Waals surface area contributed by atoms with Gasteiger partial charge in [-0.25, -0.2) is 0 Å². The molecule has 0 atom stereocenters. The SMILES string of the molecule is CCC=CC/C=C\C/C=C\C/C=C\CCCCCCC(=O)O. The summed E-state index contributed by atoms with van der Waals surface area (Å²) in [6, 6.07) is 0. The molecule has 0 unspecified atom stereocenters. The first kappa shape index (κ1) is 20.4. The quantitative estimate of drug-likeness (QED) is 0.305. The Morgan fingerprint density at radius 1 is 0.727 bits per heavy atom. The summed E-state index contributed by atoms with van der Waals surface area (Å²) in [5.74, 6) is -0.682. The largest absolute Gasteiger partial charge is 0.481 e. The molecule has 1 N–H and O–H groups in total. The van der Waals surface area contributed by atoms with Gasteiger partial charge in [0.25, 0.3) is 0 Å². The van der Waals surface area contributed by atoms with Crippen molar-refractivity contribution < 1.29 is 9.90 Å². The number of hydrogen-bond donors (Lipinski definition) is 1. The third-order valence-corrected chi connectivity index (χ3v) is 3.23. The molecule has 0 aromatic carbocycles. The molecular formula is C20H32O2. The van der Waals surface area contributed by atoms with Gasteiger partial charge < -0.3 is 5.11 Å². The summed E-state index contributed by atoms with van der Waals surface area (Å²) < 4.78 is 0. The van der Waals surface area contributed by atoms with Crippen molar-refractivity contribution in [1.29, 1.82) is 0 Å². The van der Waals surface area contributed by atoms with E-state index >= 15 is 0 Å². The van der Waals surface area contributed by atoms with Crippen LogP contribution in [0.2, 0.25) is 0 Å². The lowest BCUT2D eigenvalue weighted by molar-refractivity contribution is -0.137. The Labute approximate surface area is 136 Å². The summed E-state index contributed by atoms with van der Waals surface area (Å²) in [4.78, 5) is 10.3. The van der Waals surface area contributed by atoms with Crippen molar-refractivity contribution in [1.82, 2.24) is 0 Å². The number of carbonyl (C=O) groups is 1. The van der Waals surface area contributed by atoms with Crippen molar-refractivity contribution in [2.75, 3.05) is 0 Å². The summed E-state index contributed by atoms with van der Waals surface area (Å²) in [6.07, 6.45) is 27.4. The van der Waals surface area contributed by atoms with E-state index in [4.69, 9.17) is 5.11 Å². The minimum atomic E-state index is -0.682. The van der Waals surface area contributed by atoms with Crippen LogP contribution in [0.25, 0.3) is 0 Å². The maximum absolute atomic E-state index is 10.3. The first-order valence-corrected chi connectivity index (χ1v) is 8.59. The van der Waals surface area contributed by atoms with Gasteiger partial charge in [-0.1, -0.05) is 68.4 Å². The zero-order chi connectivity index (χ0) is 16.3. The monoisotopic (exact) mass is 304 g/mol. The molecule has 0 amide bonds. The van der Waals surface area contributed by atoms with Gasteiger partial charge in [0.15, 0.2) is 0 Å². The van der Waals surface area contributed by atoms with E-state index in [1.54, 1.807) is 0 Å². The fourth-order valence-electron chi connectivity index (χ4n) is 1.99. The van der Waals surface area contributed by atoms with Crippen LogP contribution in [0.15, 0.2) is 48.6 Å². The molecule has 0 fully saturated rings. The highest BCUT2D eigenvalue weighted by Gasteiger charge is 1.95. The lowest BCUT2D eigenvalue weighted by atomic mass is 10.1. The fraction of sp³-hybridized carbons (Fsp3) is 0.550. The van der Waals surface area contributed by atoms with E-state index < -0.39 is 5.97 Å². The highest BCUT2D eigenvalue weighted by molar-refractivity contribution is 5.66. The Kier molecular flexibility index (Phi) is 16.2. The van der Waals surface area contributed by atoms with Gasteiger partial charge in [-0.2, -0.15) is 0 Å². The first-order valence-electron chi connectivity index (χ1n) is 8.59. The van der Waals surface area contributed by atoms with Gasteiger partial charge >= 0.3 is 5.97 Å². The fourth-order valence-corrected chi connectivity index (χ4v) is 1.99. The van der Waals surface area contributed by atoms with Gasteiger partial charge in [0.05, 0.1) is 0 Å². The third-order valence-electron chi connectivity index (χ3n) is 3.23. The second-order valence-electron chi connectivity index (χ2n) is 5.35. The lowest BCUT2D eigenvalue weighted by Gasteiger charge is -1.96. The van der Waals surface area contributed by atoms with Crippen LogP contribution < -0.4 is 0 Å². The Morgan fingerprint density at radius 3 is 1.77 bits per heavy atom. The molecule has 2 nitrogen and oxygen atoms in total. The van der Waals surface area contributed by atoms with E-state index in [2.05, 4.69) is 55.5 Å². The van der Waals surface area contributed by atoms with Crippen LogP contribution in [0.4, 0.5) is 0 Å². The molecule has 124 valence electrons. The lowest BCUT2D eigenvalue weighted by Crippen LogP contribution is -1.93. The van der Waals surface area contributed by atoms with Crippen LogP contribution in [0.1, 0.15) is 71.1 Å². The Balaban J connectivity index is 3.34. The molecule has 0 heterocycles. The number of aliphatic carboxylic acids is 1. The number of allylic oxidation sites excluding steroid dienone is 8. The second-order valence-corrected chi connectivity index (χ2v) is 5.35. The van der Waals surface area contributed by atoms with Gasteiger partial charge in [-0.05, 0) is 44.9 Å². The van der Waals surface area contributed by atoms with Crippen LogP contribution >= 0.6 is 0 Å². The Bertz CT molecular complexity index is 362. The Hall–Kier alpha value is -1.57. The predicted octanol–water partition coefficient (Wildman–Crippen LogP) is 6.22. The van der Waals surface area contributed by atoms with Crippen molar-refractivity contribution in [2.24, 2.45) is 0 Å². The van der Waals surface area contributed by atoms with Gasteiger partial charge in [-0.3, -0.25) is 4.79 Å². The molecule has 0 aromatic heterocycles. The topological polar surface area (TPSA) is 37.3 Å². The molecule has 0 bridgehead atoms. The molecule has 0 aromatic rings. The summed E-state index contributed by atoms with van der Waals surface area (Å²) in [5, 5.41) is 8.51. The molecule has 0 aliphatic heterocycles. The van der Waals surface area contributed by atoms with E-state index in [0.29, 0.717) is 6.42 Å². The minimum Gasteiger partial charge on any atom is -0.481 e. The van der Waals surface area contributed by atoms with Crippen molar-refractivity contribution >= 4 is 5.97 Å². The van der Waals surface area contributed by atoms with Gasteiger partial charge in [0, 0.05) is 6.42 Å². The average Bonchev–Trinajstić information content (AvgIpc) is 2.50. The average molecular weight is 304 g/mol. The highest BCUT2D eigenvalue weighted by Crippen LogP contribution is 2.06. The molecule has 0 aliphatic rings. The van der Waals surface area contributed by atoms with Crippen molar-refractivity contribution in [3.05, 3.63) is 48.6 Å². The number of carboxylic acid groups (broad SMARTS) is 1. The second kappa shape index (κ2) is 17.5. The number of unbranched alkanes of at least 4 members (excludes halogenated alkanes) is 4. The van der Waals surface area contributed by atoms with Crippen LogP contribution in [0, 0.1) is 0 Å². The maximum atomic E-state index is 10.3. The number of hydrogen-bond acceptors (Lipinski definition) is 1. The van der Waals surface area contributed by atoms with E-state index in [1.165, 1.54) is 0 Å². The predicted molar refractivity (Wildman–Crippen MR) is 96.0 cm³/mol. The molecule has 0 saturated carbocycles. The van der Waals surface area contributed by atoms with Crippen LogP contribution in [0.5, 0.6) is 0 Å². The standard InChI is InChI=1S/C20H32O2/c1-2-3-4-5-6-7-8-9-10-11-12-13-14-15-16-17-18-19-20(21)22/h3-4,6-7,9-10,12-13H,2,5,8,11,14-19H2,1H3,(H,21,22)/b4-3?,7-6-,10-9-,13-12-. The van der Waals surface area contributed by atoms with E-state index in [1.807, 2.05) is 0 Å². The highest BCUT2D eigenvalue weighted by atomic mass is 16.4. The zero-order valence-corrected chi connectivity index (χ0v) is 14.0.